The number of carbonyl (C=O) groups excluding carboxylic acids is 3. The number of rotatable bonds is 6. The van der Waals surface area contributed by atoms with Gasteiger partial charge in [-0.15, -0.1) is 0 Å². The van der Waals surface area contributed by atoms with Crippen LogP contribution in [0.25, 0.3) is 0 Å². The fraction of sp³-hybridized carbons (Fsp3) is 0.842. The van der Waals surface area contributed by atoms with E-state index < -0.39 is 21.6 Å². The molecule has 0 aromatic carbocycles. The topological polar surface area (TPSA) is 116 Å². The lowest BCUT2D eigenvalue weighted by atomic mass is 9.75. The Morgan fingerprint density at radius 3 is 2.52 bits per heavy atom. The molecule has 2 aliphatic heterocycles. The second-order valence-corrected chi connectivity index (χ2v) is 10.6. The lowest BCUT2D eigenvalue weighted by Gasteiger charge is -2.35. The highest BCUT2D eigenvalue weighted by Crippen LogP contribution is 2.37. The number of piperidine rings is 1. The van der Waals surface area contributed by atoms with E-state index in [4.69, 9.17) is 0 Å². The molecule has 4 amide bonds. The summed E-state index contributed by atoms with van der Waals surface area (Å²) in [4.78, 5) is 40.9. The molecule has 3 fully saturated rings. The predicted octanol–water partition coefficient (Wildman–Crippen LogP) is 0.665. The molecule has 2 N–H and O–H groups in total. The SMILES string of the molecule is CCC1CCC2(CC1)NC(=O)N(CC(=O)N1CCCC(CNS(C)(=O)=O)C1)C2=O. The van der Waals surface area contributed by atoms with E-state index in [1.807, 2.05) is 0 Å². The zero-order valence-electron chi connectivity index (χ0n) is 17.3. The lowest BCUT2D eigenvalue weighted by molar-refractivity contribution is -0.140. The third kappa shape index (κ3) is 5.09. The minimum Gasteiger partial charge on any atom is -0.341 e. The van der Waals surface area contributed by atoms with Gasteiger partial charge in [0.25, 0.3) is 5.91 Å². The number of likely N-dealkylation sites (tertiary alicyclic amines) is 1. The predicted molar refractivity (Wildman–Crippen MR) is 107 cm³/mol. The van der Waals surface area contributed by atoms with Gasteiger partial charge in [-0.05, 0) is 50.4 Å². The van der Waals surface area contributed by atoms with E-state index in [1.165, 1.54) is 0 Å². The van der Waals surface area contributed by atoms with Crippen molar-refractivity contribution >= 4 is 27.9 Å². The molecule has 1 saturated carbocycles. The smallest absolute Gasteiger partial charge is 0.325 e. The summed E-state index contributed by atoms with van der Waals surface area (Å²) in [6.45, 7) is 3.15. The van der Waals surface area contributed by atoms with Crippen LogP contribution in [0.5, 0.6) is 0 Å². The molecule has 1 unspecified atom stereocenters. The average Bonchev–Trinajstić information content (AvgIpc) is 2.91. The number of amides is 4. The van der Waals surface area contributed by atoms with Gasteiger partial charge in [0.1, 0.15) is 12.1 Å². The van der Waals surface area contributed by atoms with Crippen LogP contribution in [0.1, 0.15) is 51.9 Å². The Kier molecular flexibility index (Phi) is 6.52. The monoisotopic (exact) mass is 428 g/mol. The van der Waals surface area contributed by atoms with Crippen LogP contribution in [0.3, 0.4) is 0 Å². The highest BCUT2D eigenvalue weighted by Gasteiger charge is 2.52. The van der Waals surface area contributed by atoms with Crippen LogP contribution in [0, 0.1) is 11.8 Å². The molecule has 3 aliphatic rings. The van der Waals surface area contributed by atoms with Gasteiger partial charge in [0.2, 0.25) is 15.9 Å². The summed E-state index contributed by atoms with van der Waals surface area (Å²) >= 11 is 0. The number of imide groups is 1. The van der Waals surface area contributed by atoms with Crippen molar-refractivity contribution in [2.24, 2.45) is 11.8 Å². The molecule has 0 radical (unpaired) electrons. The fourth-order valence-electron chi connectivity index (χ4n) is 4.70. The minimum atomic E-state index is -3.28. The summed E-state index contributed by atoms with van der Waals surface area (Å²) in [7, 11) is -3.28. The Morgan fingerprint density at radius 2 is 1.90 bits per heavy atom. The van der Waals surface area contributed by atoms with Gasteiger partial charge in [0, 0.05) is 19.6 Å². The third-order valence-corrected chi connectivity index (χ3v) is 7.27. The first-order valence-electron chi connectivity index (χ1n) is 10.5. The van der Waals surface area contributed by atoms with Gasteiger partial charge in [-0.3, -0.25) is 14.5 Å². The maximum atomic E-state index is 13.0. The summed E-state index contributed by atoms with van der Waals surface area (Å²) in [6.07, 6.45) is 6.86. The first kappa shape index (κ1) is 22.0. The Labute approximate surface area is 172 Å². The molecule has 2 saturated heterocycles. The molecule has 0 aromatic rings. The minimum absolute atomic E-state index is 0.0289. The molecule has 9 nitrogen and oxygen atoms in total. The maximum absolute atomic E-state index is 13.0. The van der Waals surface area contributed by atoms with Crippen molar-refractivity contribution in [3.05, 3.63) is 0 Å². The van der Waals surface area contributed by atoms with Gasteiger partial charge in [0.15, 0.2) is 0 Å². The van der Waals surface area contributed by atoms with E-state index in [0.29, 0.717) is 31.8 Å². The van der Waals surface area contributed by atoms with Gasteiger partial charge >= 0.3 is 6.03 Å². The first-order valence-corrected chi connectivity index (χ1v) is 12.4. The highest BCUT2D eigenvalue weighted by molar-refractivity contribution is 7.88. The van der Waals surface area contributed by atoms with Crippen molar-refractivity contribution < 1.29 is 22.8 Å². The maximum Gasteiger partial charge on any atom is 0.325 e. The molecule has 0 bridgehead atoms. The molecule has 1 atom stereocenters. The van der Waals surface area contributed by atoms with Crippen LogP contribution < -0.4 is 10.0 Å². The first-order chi connectivity index (χ1) is 13.6. The van der Waals surface area contributed by atoms with Gasteiger partial charge in [-0.2, -0.15) is 0 Å². The zero-order chi connectivity index (χ0) is 21.2. The van der Waals surface area contributed by atoms with Gasteiger partial charge in [-0.1, -0.05) is 13.3 Å². The van der Waals surface area contributed by atoms with Crippen molar-refractivity contribution in [2.75, 3.05) is 32.4 Å². The van der Waals surface area contributed by atoms with E-state index >= 15 is 0 Å². The van der Waals surface area contributed by atoms with Crippen LogP contribution >= 0.6 is 0 Å². The quantitative estimate of drug-likeness (QED) is 0.603. The normalized spacial score (nSPS) is 30.7. The number of sulfonamides is 1. The largest absolute Gasteiger partial charge is 0.341 e. The standard InChI is InChI=1S/C19H32N4O5S/c1-3-14-6-8-19(9-7-14)17(25)23(18(26)21-19)13-16(24)22-10-4-5-15(12-22)11-20-29(2,27)28/h14-15,20H,3-13H2,1-2H3,(H,21,26). The Balaban J connectivity index is 1.57. The van der Waals surface area contributed by atoms with Crippen molar-refractivity contribution in [3.8, 4) is 0 Å². The van der Waals surface area contributed by atoms with Crippen LogP contribution in [-0.4, -0.2) is 74.0 Å². The second-order valence-electron chi connectivity index (χ2n) is 8.72. The molecule has 3 rings (SSSR count). The summed E-state index contributed by atoms with van der Waals surface area (Å²) < 4.78 is 25.1. The zero-order valence-corrected chi connectivity index (χ0v) is 18.1. The van der Waals surface area contributed by atoms with Crippen LogP contribution in [-0.2, 0) is 19.6 Å². The number of carbonyl (C=O) groups is 3. The van der Waals surface area contributed by atoms with Crippen molar-refractivity contribution in [3.63, 3.8) is 0 Å². The van der Waals surface area contributed by atoms with Gasteiger partial charge in [0.05, 0.1) is 6.26 Å². The van der Waals surface area contributed by atoms with Crippen molar-refractivity contribution in [1.82, 2.24) is 19.8 Å². The molecule has 1 spiro atoms. The Morgan fingerprint density at radius 1 is 1.21 bits per heavy atom. The van der Waals surface area contributed by atoms with Crippen LogP contribution in [0.4, 0.5) is 4.79 Å². The van der Waals surface area contributed by atoms with Gasteiger partial charge in [-0.25, -0.2) is 17.9 Å². The highest BCUT2D eigenvalue weighted by atomic mass is 32.2. The van der Waals surface area contributed by atoms with E-state index in [1.54, 1.807) is 4.90 Å². The number of nitrogens with zero attached hydrogens (tertiary/aromatic N) is 2. The third-order valence-electron chi connectivity index (χ3n) is 6.58. The van der Waals surface area contributed by atoms with E-state index in [0.717, 1.165) is 43.3 Å². The number of nitrogens with one attached hydrogen (secondary N) is 2. The molecule has 10 heteroatoms. The summed E-state index contributed by atoms with van der Waals surface area (Å²) in [6, 6.07) is -0.481. The Hall–Kier alpha value is -1.68. The summed E-state index contributed by atoms with van der Waals surface area (Å²) in [5.41, 5.74) is -0.840. The molecule has 29 heavy (non-hydrogen) atoms. The van der Waals surface area contributed by atoms with Crippen molar-refractivity contribution in [1.29, 1.82) is 0 Å². The molecule has 2 heterocycles. The van der Waals surface area contributed by atoms with Crippen LogP contribution in [0.2, 0.25) is 0 Å². The number of hydrogen-bond donors (Lipinski definition) is 2. The average molecular weight is 429 g/mol. The van der Waals surface area contributed by atoms with Crippen molar-refractivity contribution in [2.45, 2.75) is 57.4 Å². The van der Waals surface area contributed by atoms with E-state index in [9.17, 15) is 22.8 Å². The summed E-state index contributed by atoms with van der Waals surface area (Å²) in [5, 5.41) is 2.86. The van der Waals surface area contributed by atoms with E-state index in [-0.39, 0.29) is 30.8 Å². The molecule has 1 aliphatic carbocycles. The molecule has 164 valence electrons. The Bertz CT molecular complexity index is 761. The molecule has 0 aromatic heterocycles. The van der Waals surface area contributed by atoms with E-state index in [2.05, 4.69) is 17.0 Å². The second kappa shape index (κ2) is 8.59. The summed E-state index contributed by atoms with van der Waals surface area (Å²) in [5.74, 6) is 0.0718. The number of hydrogen-bond acceptors (Lipinski definition) is 5. The number of urea groups is 1. The van der Waals surface area contributed by atoms with Gasteiger partial charge < -0.3 is 10.2 Å². The molecular weight excluding hydrogens is 396 g/mol. The lowest BCUT2D eigenvalue weighted by Crippen LogP contribution is -2.51. The molecular formula is C19H32N4O5S. The van der Waals surface area contributed by atoms with Crippen LogP contribution in [0.15, 0.2) is 0 Å². The fourth-order valence-corrected chi connectivity index (χ4v) is 5.24.